The van der Waals surface area contributed by atoms with Crippen molar-refractivity contribution in [1.29, 1.82) is 0 Å². The summed E-state index contributed by atoms with van der Waals surface area (Å²) in [7, 11) is 0. The summed E-state index contributed by atoms with van der Waals surface area (Å²) < 4.78 is 21.4. The lowest BCUT2D eigenvalue weighted by molar-refractivity contribution is 0.405. The number of nitrogens with zero attached hydrogens (tertiary/aromatic N) is 3. The van der Waals surface area contributed by atoms with Crippen LogP contribution in [0.3, 0.4) is 0 Å². The minimum absolute atomic E-state index is 0.0527. The van der Waals surface area contributed by atoms with E-state index in [0.29, 0.717) is 11.3 Å². The zero-order chi connectivity index (χ0) is 16.5. The predicted octanol–water partition coefficient (Wildman–Crippen LogP) is 3.91. The molecule has 0 atom stereocenters. The summed E-state index contributed by atoms with van der Waals surface area (Å²) in [5.74, 6) is -0.493. The highest BCUT2D eigenvalue weighted by atomic mass is 19.1. The quantitative estimate of drug-likeness (QED) is 0.581. The normalized spacial score (nSPS) is 10.9. The zero-order valence-electron chi connectivity index (χ0n) is 12.6. The minimum atomic E-state index is -0.546. The van der Waals surface area contributed by atoms with E-state index in [1.807, 2.05) is 42.5 Å². The molecule has 24 heavy (non-hydrogen) atoms. The summed E-state index contributed by atoms with van der Waals surface area (Å²) in [4.78, 5) is 8.38. The van der Waals surface area contributed by atoms with Crippen molar-refractivity contribution in [2.24, 2.45) is 0 Å². The van der Waals surface area contributed by atoms with Gasteiger partial charge in [-0.25, -0.2) is 13.8 Å². The molecule has 0 saturated carbocycles. The van der Waals surface area contributed by atoms with E-state index in [0.717, 1.165) is 11.3 Å². The van der Waals surface area contributed by atoms with Gasteiger partial charge >= 0.3 is 6.01 Å². The SMILES string of the molecule is Nc1ccc(Oc2ncnc3ccc(-c4ccccc4)n23)c(F)c1. The van der Waals surface area contributed by atoms with E-state index < -0.39 is 5.82 Å². The van der Waals surface area contributed by atoms with Crippen molar-refractivity contribution in [2.45, 2.75) is 0 Å². The molecule has 2 aromatic heterocycles. The number of ether oxygens (including phenoxy) is 1. The maximum absolute atomic E-state index is 14.0. The number of nitrogen functional groups attached to an aromatic ring is 1. The van der Waals surface area contributed by atoms with Crippen LogP contribution in [0.15, 0.2) is 67.0 Å². The first kappa shape index (κ1) is 14.2. The van der Waals surface area contributed by atoms with E-state index in [9.17, 15) is 4.39 Å². The molecule has 0 unspecified atom stereocenters. The average Bonchev–Trinajstić information content (AvgIpc) is 3.03. The monoisotopic (exact) mass is 320 g/mol. The van der Waals surface area contributed by atoms with Crippen LogP contribution in [0, 0.1) is 5.82 Å². The summed E-state index contributed by atoms with van der Waals surface area (Å²) in [6, 6.07) is 18.0. The van der Waals surface area contributed by atoms with Crippen LogP contribution in [-0.2, 0) is 0 Å². The van der Waals surface area contributed by atoms with Gasteiger partial charge in [0.1, 0.15) is 12.0 Å². The van der Waals surface area contributed by atoms with E-state index >= 15 is 0 Å². The summed E-state index contributed by atoms with van der Waals surface area (Å²) in [5, 5.41) is 0. The van der Waals surface area contributed by atoms with Gasteiger partial charge in [-0.15, -0.1) is 0 Å². The van der Waals surface area contributed by atoms with Crippen molar-refractivity contribution < 1.29 is 9.13 Å². The van der Waals surface area contributed by atoms with Crippen LogP contribution in [0.2, 0.25) is 0 Å². The fourth-order valence-corrected chi connectivity index (χ4v) is 2.53. The summed E-state index contributed by atoms with van der Waals surface area (Å²) >= 11 is 0. The Balaban J connectivity index is 1.85. The molecule has 6 heteroatoms. The fraction of sp³-hybridized carbons (Fsp3) is 0. The second-order valence-corrected chi connectivity index (χ2v) is 5.23. The number of rotatable bonds is 3. The molecule has 0 aliphatic carbocycles. The van der Waals surface area contributed by atoms with Crippen molar-refractivity contribution in [3.63, 3.8) is 0 Å². The van der Waals surface area contributed by atoms with E-state index in [2.05, 4.69) is 9.97 Å². The van der Waals surface area contributed by atoms with Gasteiger partial charge in [0.05, 0.1) is 5.69 Å². The standard InChI is InChI=1S/C18H13FN4O/c19-14-10-13(20)6-8-16(14)24-18-22-11-21-17-9-7-15(23(17)18)12-4-2-1-3-5-12/h1-11H,20H2. The lowest BCUT2D eigenvalue weighted by Gasteiger charge is -2.10. The third kappa shape index (κ3) is 2.44. The van der Waals surface area contributed by atoms with Crippen molar-refractivity contribution >= 4 is 11.3 Å². The third-order valence-corrected chi connectivity index (χ3v) is 3.64. The number of nitrogens with two attached hydrogens (primary N) is 1. The van der Waals surface area contributed by atoms with Crippen LogP contribution >= 0.6 is 0 Å². The van der Waals surface area contributed by atoms with Crippen LogP contribution in [0.4, 0.5) is 10.1 Å². The van der Waals surface area contributed by atoms with Crippen LogP contribution in [0.5, 0.6) is 11.8 Å². The Morgan fingerprint density at radius 1 is 0.958 bits per heavy atom. The molecule has 0 radical (unpaired) electrons. The van der Waals surface area contributed by atoms with Crippen LogP contribution in [0.1, 0.15) is 0 Å². The highest BCUT2D eigenvalue weighted by molar-refractivity contribution is 5.66. The summed E-state index contributed by atoms with van der Waals surface area (Å²) in [5.41, 5.74) is 8.40. The Morgan fingerprint density at radius 3 is 2.58 bits per heavy atom. The molecule has 2 N–H and O–H groups in total. The number of fused-ring (bicyclic) bond motifs is 1. The van der Waals surface area contributed by atoms with Gasteiger partial charge in [0, 0.05) is 11.8 Å². The molecule has 2 aromatic carbocycles. The Morgan fingerprint density at radius 2 is 1.79 bits per heavy atom. The van der Waals surface area contributed by atoms with E-state index in [1.165, 1.54) is 18.5 Å². The first-order valence-electron chi connectivity index (χ1n) is 7.33. The molecule has 0 amide bonds. The molecule has 0 bridgehead atoms. The third-order valence-electron chi connectivity index (χ3n) is 3.64. The molecule has 5 nitrogen and oxygen atoms in total. The van der Waals surface area contributed by atoms with Crippen LogP contribution in [0.25, 0.3) is 16.9 Å². The van der Waals surface area contributed by atoms with E-state index in [-0.39, 0.29) is 11.8 Å². The molecule has 0 aliphatic heterocycles. The lowest BCUT2D eigenvalue weighted by atomic mass is 10.2. The summed E-state index contributed by atoms with van der Waals surface area (Å²) in [6.45, 7) is 0. The van der Waals surface area contributed by atoms with Gasteiger partial charge in [-0.05, 0) is 29.8 Å². The highest BCUT2D eigenvalue weighted by Crippen LogP contribution is 2.29. The van der Waals surface area contributed by atoms with Gasteiger partial charge in [-0.2, -0.15) is 4.98 Å². The minimum Gasteiger partial charge on any atom is -0.422 e. The molecule has 0 spiro atoms. The largest absolute Gasteiger partial charge is 0.422 e. The Kier molecular flexibility index (Phi) is 3.35. The number of hydrogen-bond donors (Lipinski definition) is 1. The maximum Gasteiger partial charge on any atom is 0.309 e. The molecule has 0 fully saturated rings. The molecular weight excluding hydrogens is 307 g/mol. The van der Waals surface area contributed by atoms with Gasteiger partial charge < -0.3 is 10.5 Å². The first-order chi connectivity index (χ1) is 11.7. The number of benzene rings is 2. The second-order valence-electron chi connectivity index (χ2n) is 5.23. The molecule has 4 rings (SSSR count). The maximum atomic E-state index is 14.0. The van der Waals surface area contributed by atoms with Gasteiger partial charge in [0.2, 0.25) is 0 Å². The molecule has 4 aromatic rings. The van der Waals surface area contributed by atoms with Gasteiger partial charge in [0.15, 0.2) is 11.6 Å². The topological polar surface area (TPSA) is 65.4 Å². The molecular formula is C18H13FN4O. The smallest absolute Gasteiger partial charge is 0.309 e. The average molecular weight is 320 g/mol. The van der Waals surface area contributed by atoms with E-state index in [4.69, 9.17) is 10.5 Å². The second kappa shape index (κ2) is 5.66. The Bertz CT molecular complexity index is 1010. The number of aromatic nitrogens is 3. The van der Waals surface area contributed by atoms with E-state index in [1.54, 1.807) is 10.5 Å². The number of hydrogen-bond acceptors (Lipinski definition) is 4. The van der Waals surface area contributed by atoms with Gasteiger partial charge in [-0.1, -0.05) is 30.3 Å². The lowest BCUT2D eigenvalue weighted by Crippen LogP contribution is -2.01. The van der Waals surface area contributed by atoms with Crippen molar-refractivity contribution in [1.82, 2.24) is 14.4 Å². The fourth-order valence-electron chi connectivity index (χ4n) is 2.53. The molecule has 0 saturated heterocycles. The molecule has 0 aliphatic rings. The Labute approximate surface area is 137 Å². The number of halogens is 1. The Hall–Kier alpha value is -3.41. The van der Waals surface area contributed by atoms with Gasteiger partial charge in [0.25, 0.3) is 0 Å². The molecule has 2 heterocycles. The van der Waals surface area contributed by atoms with Crippen LogP contribution < -0.4 is 10.5 Å². The first-order valence-corrected chi connectivity index (χ1v) is 7.33. The highest BCUT2D eigenvalue weighted by Gasteiger charge is 2.13. The van der Waals surface area contributed by atoms with Crippen molar-refractivity contribution in [3.8, 4) is 23.0 Å². The molecule has 118 valence electrons. The van der Waals surface area contributed by atoms with Gasteiger partial charge in [-0.3, -0.25) is 0 Å². The van der Waals surface area contributed by atoms with Crippen molar-refractivity contribution in [3.05, 3.63) is 72.8 Å². The zero-order valence-corrected chi connectivity index (χ0v) is 12.6. The summed E-state index contributed by atoms with van der Waals surface area (Å²) in [6.07, 6.45) is 1.38. The predicted molar refractivity (Wildman–Crippen MR) is 89.3 cm³/mol. The van der Waals surface area contributed by atoms with Crippen LogP contribution in [-0.4, -0.2) is 14.4 Å². The number of anilines is 1. The van der Waals surface area contributed by atoms with Crippen molar-refractivity contribution in [2.75, 3.05) is 5.73 Å².